The van der Waals surface area contributed by atoms with E-state index in [2.05, 4.69) is 10.6 Å². The molecule has 3 saturated heterocycles. The molecule has 18 nitrogen and oxygen atoms in total. The van der Waals surface area contributed by atoms with E-state index in [1.807, 2.05) is 0 Å². The third-order valence-electron chi connectivity index (χ3n) is 8.57. The summed E-state index contributed by atoms with van der Waals surface area (Å²) in [5.41, 5.74) is 6.73. The van der Waals surface area contributed by atoms with Crippen LogP contribution in [0.5, 0.6) is 0 Å². The van der Waals surface area contributed by atoms with Crippen LogP contribution < -0.4 is 16.4 Å². The normalized spacial score (nSPS) is 38.6. The first kappa shape index (κ1) is 38.1. The van der Waals surface area contributed by atoms with Crippen LogP contribution in [0, 0.1) is 0 Å². The number of nitrogens with one attached hydrogen (secondary N) is 2. The van der Waals surface area contributed by atoms with Crippen LogP contribution in [-0.4, -0.2) is 164 Å². The summed E-state index contributed by atoms with van der Waals surface area (Å²) in [5, 5.41) is 58.4. The van der Waals surface area contributed by atoms with E-state index in [1.165, 1.54) is 45.4 Å². The van der Waals surface area contributed by atoms with Crippen molar-refractivity contribution in [1.29, 1.82) is 0 Å². The number of amides is 2. The highest BCUT2D eigenvalue weighted by Crippen LogP contribution is 2.33. The Morgan fingerprint density at radius 2 is 1.42 bits per heavy atom. The lowest BCUT2D eigenvalue weighted by atomic mass is 9.94. The van der Waals surface area contributed by atoms with E-state index in [0.717, 1.165) is 0 Å². The molecule has 0 spiro atoms. The molecule has 48 heavy (non-hydrogen) atoms. The molecule has 0 radical (unpaired) electrons. The highest BCUT2D eigenvalue weighted by Gasteiger charge is 2.53. The highest BCUT2D eigenvalue weighted by molar-refractivity contribution is 5.95. The summed E-state index contributed by atoms with van der Waals surface area (Å²) in [6.45, 7) is -0.574. The monoisotopic (exact) mass is 687 g/mol. The van der Waals surface area contributed by atoms with Crippen molar-refractivity contribution in [2.45, 2.75) is 99.2 Å². The van der Waals surface area contributed by atoms with Gasteiger partial charge in [-0.1, -0.05) is 12.1 Å². The number of aldehydes is 1. The predicted molar refractivity (Wildman–Crippen MR) is 160 cm³/mol. The first-order valence-electron chi connectivity index (χ1n) is 15.4. The van der Waals surface area contributed by atoms with E-state index >= 15 is 0 Å². The second-order valence-electron chi connectivity index (χ2n) is 11.7. The molecule has 1 aromatic rings. The third kappa shape index (κ3) is 8.53. The molecular formula is C30H45N3O15. The molecule has 270 valence electrons. The maximum Gasteiger partial charge on any atom is 0.251 e. The highest BCUT2D eigenvalue weighted by atomic mass is 16.7. The maximum atomic E-state index is 13.4. The first-order chi connectivity index (χ1) is 23.0. The van der Waals surface area contributed by atoms with Gasteiger partial charge in [0, 0.05) is 38.7 Å². The Kier molecular flexibility index (Phi) is 13.7. The van der Waals surface area contributed by atoms with Gasteiger partial charge in [0.15, 0.2) is 18.9 Å². The standard InChI is InChI=1S/C30H45N3O15/c1-13(38)32-21-23(39)26(18(11-36)45-29(21)43-3)48-30-22(33-27(41)15-6-4-14(9-34)5-7-15)24(40)25(19(12-37)46-30)47-28-20(31)17(42-2)8-16(10-35)44-28/h4-7,9,16-26,28-30,35-37,39-40H,8,10-12,31H2,1-3H3,(H,32,38)(H,33,41)/t16?,17?,18?,19?,20?,21?,22?,23?,24-,25-,26-,28+,29-,30+/m1/s1. The molecule has 14 atom stereocenters. The summed E-state index contributed by atoms with van der Waals surface area (Å²) in [6.07, 6.45) is -13.2. The Labute approximate surface area is 276 Å². The Morgan fingerprint density at radius 3 is 1.92 bits per heavy atom. The SMILES string of the molecule is COC1CC(CO)O[C@@H](O[C@@H]2C(CO)O[C@@H](O[C@@H]3C(CO)O[C@@H](OC)C(NC(C)=O)C3O)C(NC(=O)c3ccc(C=O)cc3)[C@H]2O)C1N. The van der Waals surface area contributed by atoms with E-state index in [1.54, 1.807) is 0 Å². The van der Waals surface area contributed by atoms with Crippen molar-refractivity contribution in [2.75, 3.05) is 34.0 Å². The number of aliphatic hydroxyl groups is 5. The Bertz CT molecular complexity index is 1210. The molecule has 3 heterocycles. The second-order valence-corrected chi connectivity index (χ2v) is 11.7. The lowest BCUT2D eigenvalue weighted by Crippen LogP contribution is -2.70. The van der Waals surface area contributed by atoms with Crippen molar-refractivity contribution in [3.63, 3.8) is 0 Å². The van der Waals surface area contributed by atoms with Crippen molar-refractivity contribution < 1.29 is 73.1 Å². The van der Waals surface area contributed by atoms with Crippen LogP contribution in [0.2, 0.25) is 0 Å². The fourth-order valence-corrected chi connectivity index (χ4v) is 6.01. The van der Waals surface area contributed by atoms with E-state index < -0.39 is 111 Å². The summed E-state index contributed by atoms with van der Waals surface area (Å²) in [6, 6.07) is 2.07. The summed E-state index contributed by atoms with van der Waals surface area (Å²) >= 11 is 0. The number of ether oxygens (including phenoxy) is 7. The quantitative estimate of drug-likeness (QED) is 0.0922. The number of rotatable bonds is 13. The van der Waals surface area contributed by atoms with Crippen molar-refractivity contribution in [1.82, 2.24) is 10.6 Å². The van der Waals surface area contributed by atoms with Crippen LogP contribution >= 0.6 is 0 Å². The van der Waals surface area contributed by atoms with Gasteiger partial charge >= 0.3 is 0 Å². The van der Waals surface area contributed by atoms with Crippen LogP contribution in [0.4, 0.5) is 0 Å². The fourth-order valence-electron chi connectivity index (χ4n) is 6.01. The predicted octanol–water partition coefficient (Wildman–Crippen LogP) is -3.88. The Hall–Kier alpha value is -2.69. The fraction of sp³-hybridized carbons (Fsp3) is 0.700. The Morgan fingerprint density at radius 1 is 0.854 bits per heavy atom. The zero-order valence-electron chi connectivity index (χ0n) is 26.7. The lowest BCUT2D eigenvalue weighted by Gasteiger charge is -2.49. The molecule has 0 aromatic heterocycles. The van der Waals surface area contributed by atoms with Crippen molar-refractivity contribution in [3.05, 3.63) is 35.4 Å². The number of carbonyl (C=O) groups excluding carboxylic acids is 3. The number of carbonyl (C=O) groups is 3. The number of nitrogens with two attached hydrogens (primary N) is 1. The third-order valence-corrected chi connectivity index (χ3v) is 8.57. The van der Waals surface area contributed by atoms with Crippen molar-refractivity contribution >= 4 is 18.1 Å². The summed E-state index contributed by atoms with van der Waals surface area (Å²) in [4.78, 5) is 36.5. The molecule has 4 rings (SSSR count). The van der Waals surface area contributed by atoms with E-state index in [0.29, 0.717) is 11.8 Å². The van der Waals surface area contributed by atoms with E-state index in [-0.39, 0.29) is 18.6 Å². The summed E-state index contributed by atoms with van der Waals surface area (Å²) in [5.74, 6) is -1.25. The molecule has 3 aliphatic heterocycles. The van der Waals surface area contributed by atoms with E-state index in [4.69, 9.17) is 38.9 Å². The number of hydrogen-bond donors (Lipinski definition) is 8. The number of methoxy groups -OCH3 is 2. The molecule has 3 aliphatic rings. The van der Waals surface area contributed by atoms with E-state index in [9.17, 15) is 39.9 Å². The molecule has 3 fully saturated rings. The molecule has 1 aromatic carbocycles. The zero-order valence-corrected chi connectivity index (χ0v) is 26.7. The van der Waals surface area contributed by atoms with Gasteiger partial charge < -0.3 is 75.1 Å². The zero-order chi connectivity index (χ0) is 35.1. The Balaban J connectivity index is 1.65. The van der Waals surface area contributed by atoms with Gasteiger partial charge in [-0.05, 0) is 12.1 Å². The molecule has 2 amide bonds. The second kappa shape index (κ2) is 17.3. The molecule has 9 N–H and O–H groups in total. The van der Waals surface area contributed by atoms with Gasteiger partial charge in [-0.15, -0.1) is 0 Å². The van der Waals surface area contributed by atoms with Gasteiger partial charge in [-0.2, -0.15) is 0 Å². The van der Waals surface area contributed by atoms with Crippen LogP contribution in [0.25, 0.3) is 0 Å². The minimum absolute atomic E-state index is 0.0996. The molecule has 18 heteroatoms. The average Bonchev–Trinajstić information content (AvgIpc) is 3.09. The summed E-state index contributed by atoms with van der Waals surface area (Å²) < 4.78 is 40.4. The maximum absolute atomic E-state index is 13.4. The minimum atomic E-state index is -1.70. The molecule has 0 aliphatic carbocycles. The topological polar surface area (TPSA) is 267 Å². The number of aliphatic hydroxyl groups excluding tert-OH is 5. The van der Waals surface area contributed by atoms with Gasteiger partial charge in [0.1, 0.15) is 55.0 Å². The van der Waals surface area contributed by atoms with Gasteiger partial charge in [-0.25, -0.2) is 0 Å². The summed E-state index contributed by atoms with van der Waals surface area (Å²) in [7, 11) is 2.71. The van der Waals surface area contributed by atoms with Gasteiger partial charge in [0.25, 0.3) is 5.91 Å². The molecule has 8 unspecified atom stereocenters. The average molecular weight is 688 g/mol. The first-order valence-corrected chi connectivity index (χ1v) is 15.4. The van der Waals surface area contributed by atoms with Gasteiger partial charge in [0.05, 0.1) is 38.1 Å². The van der Waals surface area contributed by atoms with Crippen molar-refractivity contribution in [3.8, 4) is 0 Å². The molecule has 0 bridgehead atoms. The van der Waals surface area contributed by atoms with Crippen molar-refractivity contribution in [2.24, 2.45) is 5.73 Å². The van der Waals surface area contributed by atoms with Crippen LogP contribution in [0.15, 0.2) is 24.3 Å². The molecular weight excluding hydrogens is 642 g/mol. The molecule has 0 saturated carbocycles. The number of benzene rings is 1. The largest absolute Gasteiger partial charge is 0.394 e. The number of hydrogen-bond acceptors (Lipinski definition) is 16. The van der Waals surface area contributed by atoms with Crippen LogP contribution in [0.3, 0.4) is 0 Å². The lowest BCUT2D eigenvalue weighted by molar-refractivity contribution is -0.347. The van der Waals surface area contributed by atoms with Crippen LogP contribution in [0.1, 0.15) is 34.1 Å². The smallest absolute Gasteiger partial charge is 0.251 e. The van der Waals surface area contributed by atoms with Gasteiger partial charge in [0.2, 0.25) is 5.91 Å². The minimum Gasteiger partial charge on any atom is -0.394 e. The van der Waals surface area contributed by atoms with Crippen LogP contribution in [-0.2, 0) is 38.0 Å². The van der Waals surface area contributed by atoms with Gasteiger partial charge in [-0.3, -0.25) is 14.4 Å².